The molecule has 92 valence electrons. The molecule has 0 nitrogen and oxygen atoms in total. The van der Waals surface area contributed by atoms with E-state index in [4.69, 9.17) is 0 Å². The highest BCUT2D eigenvalue weighted by atomic mass is 19.4. The molecule has 0 unspecified atom stereocenters. The van der Waals surface area contributed by atoms with Gasteiger partial charge in [-0.25, -0.2) is 0 Å². The van der Waals surface area contributed by atoms with Crippen LogP contribution < -0.4 is 0 Å². The summed E-state index contributed by atoms with van der Waals surface area (Å²) in [6.45, 7) is 0. The Bertz CT molecular complexity index is 227. The normalized spacial score (nSPS) is 34.6. The molecule has 0 aromatic carbocycles. The maximum absolute atomic E-state index is 12.1. The van der Waals surface area contributed by atoms with Crippen molar-refractivity contribution in [3.05, 3.63) is 0 Å². The molecule has 2 aliphatic rings. The SMILES string of the molecule is FC(F)(F)CCCC12BC(CCC1)CCC2. The Morgan fingerprint density at radius 3 is 2.31 bits per heavy atom. The fourth-order valence-corrected chi connectivity index (χ4v) is 3.84. The highest BCUT2D eigenvalue weighted by molar-refractivity contribution is 6.42. The van der Waals surface area contributed by atoms with Gasteiger partial charge in [0.2, 0.25) is 0 Å². The Labute approximate surface area is 96.2 Å². The molecular formula is C12H20BF3. The predicted molar refractivity (Wildman–Crippen MR) is 61.2 cm³/mol. The van der Waals surface area contributed by atoms with Gasteiger partial charge in [0.1, 0.15) is 7.28 Å². The van der Waals surface area contributed by atoms with Crippen molar-refractivity contribution in [2.24, 2.45) is 0 Å². The van der Waals surface area contributed by atoms with E-state index in [-0.39, 0.29) is 0 Å². The second-order valence-corrected chi connectivity index (χ2v) is 5.82. The summed E-state index contributed by atoms with van der Waals surface area (Å²) in [6.07, 6.45) is 4.11. The van der Waals surface area contributed by atoms with Crippen molar-refractivity contribution in [2.45, 2.75) is 75.1 Å². The van der Waals surface area contributed by atoms with E-state index in [2.05, 4.69) is 0 Å². The summed E-state index contributed by atoms with van der Waals surface area (Å²) in [6, 6.07) is 0. The molecular weight excluding hydrogens is 212 g/mol. The van der Waals surface area contributed by atoms with Crippen LogP contribution in [0.2, 0.25) is 11.1 Å². The minimum atomic E-state index is -3.96. The smallest absolute Gasteiger partial charge is 0.171 e. The number of hydrogen-bond donors (Lipinski definition) is 0. The van der Waals surface area contributed by atoms with E-state index in [0.717, 1.165) is 12.2 Å². The topological polar surface area (TPSA) is 0 Å². The molecule has 0 aliphatic carbocycles. The first-order valence-electron chi connectivity index (χ1n) is 6.56. The van der Waals surface area contributed by atoms with E-state index in [9.17, 15) is 13.2 Å². The number of fused-ring (bicyclic) bond motifs is 2. The van der Waals surface area contributed by atoms with Gasteiger partial charge in [0.15, 0.2) is 0 Å². The summed E-state index contributed by atoms with van der Waals surface area (Å²) in [5.74, 6) is 0.827. The summed E-state index contributed by atoms with van der Waals surface area (Å²) in [5, 5.41) is 0.298. The minimum absolute atomic E-state index is 0.298. The Balaban J connectivity index is 1.82. The molecule has 2 saturated heterocycles. The van der Waals surface area contributed by atoms with E-state index in [1.54, 1.807) is 0 Å². The lowest BCUT2D eigenvalue weighted by molar-refractivity contribution is -0.136. The molecule has 0 N–H and O–H groups in total. The van der Waals surface area contributed by atoms with Gasteiger partial charge in [-0.3, -0.25) is 0 Å². The summed E-state index contributed by atoms with van der Waals surface area (Å²) >= 11 is 0. The predicted octanol–water partition coefficient (Wildman–Crippen LogP) is 4.47. The third-order valence-electron chi connectivity index (χ3n) is 4.53. The fourth-order valence-electron chi connectivity index (χ4n) is 3.84. The van der Waals surface area contributed by atoms with E-state index < -0.39 is 12.6 Å². The molecule has 2 aliphatic heterocycles. The molecule has 0 aromatic heterocycles. The van der Waals surface area contributed by atoms with Crippen LogP contribution in [0.15, 0.2) is 0 Å². The third-order valence-corrected chi connectivity index (χ3v) is 4.53. The number of alkyl halides is 3. The highest BCUT2D eigenvalue weighted by Crippen LogP contribution is 2.54. The summed E-state index contributed by atoms with van der Waals surface area (Å²) < 4.78 is 36.4. The monoisotopic (exact) mass is 232 g/mol. The number of halogens is 3. The van der Waals surface area contributed by atoms with E-state index in [1.165, 1.54) is 45.8 Å². The fraction of sp³-hybridized carbons (Fsp3) is 1.00. The lowest BCUT2D eigenvalue weighted by Crippen LogP contribution is -2.32. The Kier molecular flexibility index (Phi) is 3.55. The molecule has 0 saturated carbocycles. The van der Waals surface area contributed by atoms with E-state index in [1.807, 2.05) is 0 Å². The zero-order chi connectivity index (χ0) is 11.6. The molecule has 2 heterocycles. The average molecular weight is 232 g/mol. The summed E-state index contributed by atoms with van der Waals surface area (Å²) in [7, 11) is 1.21. The second-order valence-electron chi connectivity index (χ2n) is 5.82. The average Bonchev–Trinajstić information content (AvgIpc) is 2.15. The van der Waals surface area contributed by atoms with Crippen LogP contribution >= 0.6 is 0 Å². The Morgan fingerprint density at radius 2 is 1.75 bits per heavy atom. The standard InChI is InChI=1S/C12H20BF3/c14-12(15,16)9-3-8-11-6-1-4-10(13-11)5-2-7-11/h10,13H,1-9H2. The van der Waals surface area contributed by atoms with Gasteiger partial charge < -0.3 is 0 Å². The maximum Gasteiger partial charge on any atom is 0.389 e. The zero-order valence-electron chi connectivity index (χ0n) is 9.78. The van der Waals surface area contributed by atoms with Crippen LogP contribution in [0.25, 0.3) is 0 Å². The van der Waals surface area contributed by atoms with Gasteiger partial charge >= 0.3 is 6.18 Å². The van der Waals surface area contributed by atoms with Gasteiger partial charge in [-0.05, 0) is 6.42 Å². The van der Waals surface area contributed by atoms with E-state index in [0.29, 0.717) is 11.7 Å². The van der Waals surface area contributed by atoms with Gasteiger partial charge in [-0.15, -0.1) is 0 Å². The molecule has 2 fully saturated rings. The van der Waals surface area contributed by atoms with Crippen LogP contribution in [0.3, 0.4) is 0 Å². The lowest BCUT2D eigenvalue weighted by atomic mass is 9.35. The van der Waals surface area contributed by atoms with Crippen LogP contribution in [0, 0.1) is 0 Å². The third kappa shape index (κ3) is 3.17. The zero-order valence-corrected chi connectivity index (χ0v) is 9.78. The Hall–Kier alpha value is -0.145. The molecule has 4 heteroatoms. The molecule has 16 heavy (non-hydrogen) atoms. The van der Waals surface area contributed by atoms with Crippen molar-refractivity contribution >= 4 is 7.28 Å². The van der Waals surface area contributed by atoms with Crippen molar-refractivity contribution in [3.63, 3.8) is 0 Å². The van der Waals surface area contributed by atoms with E-state index >= 15 is 0 Å². The van der Waals surface area contributed by atoms with Crippen molar-refractivity contribution in [1.82, 2.24) is 0 Å². The maximum atomic E-state index is 12.1. The van der Waals surface area contributed by atoms with Crippen molar-refractivity contribution in [3.8, 4) is 0 Å². The van der Waals surface area contributed by atoms with Gasteiger partial charge in [0.25, 0.3) is 0 Å². The van der Waals surface area contributed by atoms with Crippen molar-refractivity contribution in [2.75, 3.05) is 0 Å². The van der Waals surface area contributed by atoms with Crippen LogP contribution in [-0.2, 0) is 0 Å². The number of hydrogen-bond acceptors (Lipinski definition) is 0. The van der Waals surface area contributed by atoms with Crippen molar-refractivity contribution in [1.29, 1.82) is 0 Å². The summed E-state index contributed by atoms with van der Waals surface area (Å²) in [4.78, 5) is 0. The molecule has 2 rings (SSSR count). The highest BCUT2D eigenvalue weighted by Gasteiger charge is 2.40. The molecule has 0 amide bonds. The quantitative estimate of drug-likeness (QED) is 0.629. The van der Waals surface area contributed by atoms with Gasteiger partial charge in [-0.2, -0.15) is 13.2 Å². The second kappa shape index (κ2) is 4.62. The lowest BCUT2D eigenvalue weighted by Gasteiger charge is -2.44. The van der Waals surface area contributed by atoms with Gasteiger partial charge in [0.05, 0.1) is 0 Å². The van der Waals surface area contributed by atoms with Gasteiger partial charge in [0, 0.05) is 6.42 Å². The molecule has 0 spiro atoms. The van der Waals surface area contributed by atoms with Crippen LogP contribution in [-0.4, -0.2) is 13.5 Å². The van der Waals surface area contributed by atoms with Gasteiger partial charge in [-0.1, -0.05) is 56.1 Å². The minimum Gasteiger partial charge on any atom is -0.171 e. The first-order valence-corrected chi connectivity index (χ1v) is 6.56. The molecule has 0 aromatic rings. The first kappa shape index (κ1) is 12.3. The molecule has 2 bridgehead atoms. The summed E-state index contributed by atoms with van der Waals surface area (Å²) in [5.41, 5.74) is 0. The molecule has 0 radical (unpaired) electrons. The van der Waals surface area contributed by atoms with Crippen LogP contribution in [0.1, 0.15) is 57.8 Å². The number of rotatable bonds is 3. The first-order chi connectivity index (χ1) is 7.49. The largest absolute Gasteiger partial charge is 0.389 e. The van der Waals surface area contributed by atoms with Crippen LogP contribution in [0.5, 0.6) is 0 Å². The van der Waals surface area contributed by atoms with Crippen LogP contribution in [0.4, 0.5) is 13.2 Å². The molecule has 0 atom stereocenters. The van der Waals surface area contributed by atoms with Crippen molar-refractivity contribution < 1.29 is 13.2 Å². The Morgan fingerprint density at radius 1 is 1.12 bits per heavy atom.